The minimum Gasteiger partial charge on any atom is -0.459 e. The zero-order chi connectivity index (χ0) is 30.5. The maximum absolute atomic E-state index is 12.6. The van der Waals surface area contributed by atoms with Crippen molar-refractivity contribution in [3.63, 3.8) is 0 Å². The molecule has 1 aromatic rings. The highest BCUT2D eigenvalue weighted by Gasteiger charge is 2.40. The molecule has 1 saturated heterocycles. The van der Waals surface area contributed by atoms with Crippen molar-refractivity contribution < 1.29 is 42.3 Å². The molecule has 13 nitrogen and oxygen atoms in total. The fourth-order valence-electron chi connectivity index (χ4n) is 5.17. The monoisotopic (exact) mass is 614 g/mol. The van der Waals surface area contributed by atoms with Crippen molar-refractivity contribution in [2.45, 2.75) is 103 Å². The van der Waals surface area contributed by atoms with Crippen molar-refractivity contribution in [3.05, 3.63) is 32.6 Å². The highest BCUT2D eigenvalue weighted by molar-refractivity contribution is 7.46. The molecule has 0 saturated carbocycles. The van der Waals surface area contributed by atoms with Crippen molar-refractivity contribution >= 4 is 26.2 Å². The fraction of sp³-hybridized carbons (Fsp3) is 0.750. The van der Waals surface area contributed by atoms with E-state index in [1.54, 1.807) is 0 Å². The van der Waals surface area contributed by atoms with Crippen LogP contribution in [-0.4, -0.2) is 91.9 Å². The number of carbonyl (C=O) groups excluding carboxylic acids is 1. The third-order valence-electron chi connectivity index (χ3n) is 7.61. The first-order valence-electron chi connectivity index (χ1n) is 15.1. The fourth-order valence-corrected chi connectivity index (χ4v) is 5.51. The van der Waals surface area contributed by atoms with E-state index in [1.807, 2.05) is 0 Å². The largest absolute Gasteiger partial charge is 0.469 e. The summed E-state index contributed by atoms with van der Waals surface area (Å²) in [7, 11) is -4.80. The Balaban J connectivity index is 1.42. The minimum atomic E-state index is -4.80. The molecule has 0 aromatic carbocycles. The molecule has 0 unspecified atom stereocenters. The standard InChI is InChI=1S/C28H45N4O9P/c1-3-4-5-6-7-8-10-13-30-15-17-31(18-16-30)14-11-9-12-26(33)41-23-19-25(40-24(23)21-39-42(36,37)38)32-20-22(2)27(34)29-28(32)35/h15,17,20,23-25H,3-14,16,18-19,21H2,1-2H3,(H-2,29,34,35,36,37,38)/p+2/t23-,24+,25+/m0/s1. The zero-order valence-electron chi connectivity index (χ0n) is 24.8. The van der Waals surface area contributed by atoms with Crippen LogP contribution in [-0.2, 0) is 23.4 Å². The first-order valence-corrected chi connectivity index (χ1v) is 16.6. The van der Waals surface area contributed by atoms with Gasteiger partial charge in [0.15, 0.2) is 0 Å². The van der Waals surface area contributed by atoms with Crippen LogP contribution >= 0.6 is 7.82 Å². The molecule has 3 heterocycles. The van der Waals surface area contributed by atoms with E-state index in [4.69, 9.17) is 19.3 Å². The van der Waals surface area contributed by atoms with Crippen LogP contribution in [0.3, 0.4) is 0 Å². The lowest BCUT2D eigenvalue weighted by Gasteiger charge is -2.19. The summed E-state index contributed by atoms with van der Waals surface area (Å²) in [6.07, 6.45) is 13.6. The molecule has 3 rings (SSSR count). The van der Waals surface area contributed by atoms with Gasteiger partial charge >= 0.3 is 19.5 Å². The first-order chi connectivity index (χ1) is 20.1. The van der Waals surface area contributed by atoms with Gasteiger partial charge in [0, 0.05) is 37.4 Å². The van der Waals surface area contributed by atoms with Crippen LogP contribution in [0.25, 0.3) is 0 Å². The molecule has 0 aliphatic carbocycles. The molecule has 14 heteroatoms. The Morgan fingerprint density at radius 3 is 2.29 bits per heavy atom. The number of rotatable bonds is 18. The Morgan fingerprint density at radius 1 is 1.05 bits per heavy atom. The molecule has 3 atom stereocenters. The predicted octanol–water partition coefficient (Wildman–Crippen LogP) is 2.25. The summed E-state index contributed by atoms with van der Waals surface area (Å²) >= 11 is 0. The molecule has 2 aliphatic heterocycles. The predicted molar refractivity (Wildman–Crippen MR) is 156 cm³/mol. The van der Waals surface area contributed by atoms with Crippen molar-refractivity contribution in [1.29, 1.82) is 0 Å². The third kappa shape index (κ3) is 11.7. The quantitative estimate of drug-likeness (QED) is 0.0974. The van der Waals surface area contributed by atoms with Gasteiger partial charge in [-0.15, -0.1) is 0 Å². The molecular formula is C28H47N4O9P+2. The molecule has 0 bridgehead atoms. The van der Waals surface area contributed by atoms with Crippen molar-refractivity contribution in [2.75, 3.05) is 32.8 Å². The number of nitrogens with zero attached hydrogens (tertiary/aromatic N) is 3. The minimum absolute atomic E-state index is 0.0558. The van der Waals surface area contributed by atoms with E-state index in [-0.39, 0.29) is 18.4 Å². The maximum Gasteiger partial charge on any atom is 0.469 e. The number of phosphoric ester groups is 1. The number of aryl methyl sites for hydroxylation is 1. The number of esters is 1. The normalized spacial score (nSPS) is 20.8. The molecule has 2 aliphatic rings. The number of aromatic amines is 1. The molecule has 0 spiro atoms. The topological polar surface area (TPSA) is 163 Å². The number of unbranched alkanes of at least 4 members (excludes halogenated alkanes) is 7. The lowest BCUT2D eigenvalue weighted by Crippen LogP contribution is -2.33. The summed E-state index contributed by atoms with van der Waals surface area (Å²) in [6.45, 7) is 7.09. The van der Waals surface area contributed by atoms with Gasteiger partial charge in [-0.3, -0.25) is 23.7 Å². The number of hydrogen-bond acceptors (Lipinski definition) is 7. The summed E-state index contributed by atoms with van der Waals surface area (Å²) in [6, 6.07) is 0. The SMILES string of the molecule is CCCCCCCCC[N+]1=CC=[N+](CCCCC(=O)O[C@H]2C[C@H](n3cc(C)c(=O)[nH]c3=O)O[C@@H]2COP(=O)(O)O)CC1. The lowest BCUT2D eigenvalue weighted by atomic mass is 10.1. The Labute approximate surface area is 246 Å². The van der Waals surface area contributed by atoms with Gasteiger partial charge in [0.2, 0.25) is 25.5 Å². The van der Waals surface area contributed by atoms with Crippen molar-refractivity contribution in [2.24, 2.45) is 0 Å². The average Bonchev–Trinajstić information content (AvgIpc) is 3.34. The van der Waals surface area contributed by atoms with Gasteiger partial charge in [0.25, 0.3) is 5.56 Å². The van der Waals surface area contributed by atoms with Crippen LogP contribution in [0.5, 0.6) is 0 Å². The number of H-pyrrole nitrogens is 1. The summed E-state index contributed by atoms with van der Waals surface area (Å²) < 4.78 is 33.0. The van der Waals surface area contributed by atoms with Crippen molar-refractivity contribution in [3.8, 4) is 0 Å². The van der Waals surface area contributed by atoms with Crippen LogP contribution in [0.15, 0.2) is 15.8 Å². The molecule has 236 valence electrons. The molecule has 0 amide bonds. The molecule has 42 heavy (non-hydrogen) atoms. The van der Waals surface area contributed by atoms with Gasteiger partial charge in [0.05, 0.1) is 6.61 Å². The second-order valence-corrected chi connectivity index (χ2v) is 12.3. The van der Waals surface area contributed by atoms with Crippen LogP contribution in [0, 0.1) is 6.92 Å². The van der Waals surface area contributed by atoms with E-state index in [0.717, 1.165) is 37.2 Å². The maximum atomic E-state index is 12.6. The van der Waals surface area contributed by atoms with E-state index in [0.29, 0.717) is 6.42 Å². The van der Waals surface area contributed by atoms with Gasteiger partial charge in [-0.05, 0) is 19.8 Å². The smallest absolute Gasteiger partial charge is 0.459 e. The van der Waals surface area contributed by atoms with Gasteiger partial charge in [-0.2, -0.15) is 0 Å². The van der Waals surface area contributed by atoms with Gasteiger partial charge in [-0.1, -0.05) is 39.0 Å². The number of phosphoric acid groups is 1. The average molecular weight is 615 g/mol. The van der Waals surface area contributed by atoms with E-state index in [9.17, 15) is 18.9 Å². The Kier molecular flexibility index (Phi) is 13.8. The Bertz CT molecular complexity index is 1250. The summed E-state index contributed by atoms with van der Waals surface area (Å²) in [5.41, 5.74) is -0.949. The number of hydrogen-bond donors (Lipinski definition) is 3. The van der Waals surface area contributed by atoms with E-state index < -0.39 is 50.1 Å². The third-order valence-corrected chi connectivity index (χ3v) is 8.10. The number of ether oxygens (including phenoxy) is 2. The van der Waals surface area contributed by atoms with Crippen molar-refractivity contribution in [1.82, 2.24) is 9.55 Å². The van der Waals surface area contributed by atoms with E-state index >= 15 is 0 Å². The van der Waals surface area contributed by atoms with E-state index in [2.05, 4.69) is 38.0 Å². The van der Waals surface area contributed by atoms with Gasteiger partial charge in [-0.25, -0.2) is 18.5 Å². The Hall–Kier alpha value is -2.44. The second-order valence-electron chi connectivity index (χ2n) is 11.1. The molecule has 1 aromatic heterocycles. The lowest BCUT2D eigenvalue weighted by molar-refractivity contribution is -0.605. The number of nitrogens with one attached hydrogen (secondary N) is 1. The molecular weight excluding hydrogens is 567 g/mol. The Morgan fingerprint density at radius 2 is 1.67 bits per heavy atom. The molecule has 0 radical (unpaired) electrons. The van der Waals surface area contributed by atoms with Gasteiger partial charge in [0.1, 0.15) is 31.5 Å². The van der Waals surface area contributed by atoms with Crippen LogP contribution < -0.4 is 11.2 Å². The van der Waals surface area contributed by atoms with E-state index in [1.165, 1.54) is 58.1 Å². The summed E-state index contributed by atoms with van der Waals surface area (Å²) in [5, 5.41) is 0. The molecule has 1 fully saturated rings. The van der Waals surface area contributed by atoms with Crippen LogP contribution in [0.4, 0.5) is 0 Å². The molecule has 3 N–H and O–H groups in total. The summed E-state index contributed by atoms with van der Waals surface area (Å²) in [5.74, 6) is -0.467. The zero-order valence-corrected chi connectivity index (χ0v) is 25.7. The summed E-state index contributed by atoms with van der Waals surface area (Å²) in [4.78, 5) is 57.1. The van der Waals surface area contributed by atoms with Crippen LogP contribution in [0.1, 0.15) is 89.3 Å². The highest BCUT2D eigenvalue weighted by Crippen LogP contribution is 2.38. The second kappa shape index (κ2) is 17.0. The number of aromatic nitrogens is 2. The number of carbonyl (C=O) groups is 1. The first kappa shape index (κ1) is 34.1. The van der Waals surface area contributed by atoms with Crippen LogP contribution in [0.2, 0.25) is 0 Å². The van der Waals surface area contributed by atoms with Gasteiger partial charge < -0.3 is 19.3 Å². The highest BCUT2D eigenvalue weighted by atomic mass is 31.2.